The number of fused-ring (bicyclic) bond motifs is 2. The van der Waals surface area contributed by atoms with Crippen LogP contribution >= 0.6 is 11.6 Å². The van der Waals surface area contributed by atoms with Crippen molar-refractivity contribution in [2.24, 2.45) is 11.8 Å². The molecule has 2 saturated heterocycles. The van der Waals surface area contributed by atoms with Crippen LogP contribution in [0.4, 0.5) is 11.4 Å². The Balaban J connectivity index is 1.40. The molecule has 3 unspecified atom stereocenters. The second-order valence-electron chi connectivity index (χ2n) is 12.1. The number of aryl methyl sites for hydroxylation is 1. The van der Waals surface area contributed by atoms with Crippen molar-refractivity contribution in [2.45, 2.75) is 24.4 Å². The molecule has 1 aromatic carbocycles. The Bertz CT molecular complexity index is 2060. The summed E-state index contributed by atoms with van der Waals surface area (Å²) in [6.45, 7) is 6.40. The van der Waals surface area contributed by atoms with E-state index >= 15 is 4.79 Å². The molecule has 3 aliphatic heterocycles. The highest BCUT2D eigenvalue weighted by Crippen LogP contribution is 2.54. The van der Waals surface area contributed by atoms with Crippen molar-refractivity contribution in [1.82, 2.24) is 19.9 Å². The molecule has 7 rings (SSSR count). The molecule has 0 bridgehead atoms. The van der Waals surface area contributed by atoms with E-state index in [2.05, 4.69) is 32.0 Å². The van der Waals surface area contributed by atoms with Gasteiger partial charge in [0.1, 0.15) is 10.9 Å². The van der Waals surface area contributed by atoms with E-state index < -0.39 is 21.5 Å². The largest absolute Gasteiger partial charge is 0.495 e. The normalized spacial score (nSPS) is 22.0. The van der Waals surface area contributed by atoms with Crippen LogP contribution in [0.3, 0.4) is 0 Å². The Morgan fingerprint density at radius 1 is 1.02 bits per heavy atom. The van der Waals surface area contributed by atoms with E-state index in [1.165, 1.54) is 37.6 Å². The number of amides is 1. The molecule has 0 radical (unpaired) electrons. The molecule has 0 aliphatic carbocycles. The molecule has 3 atom stereocenters. The number of methoxy groups -OCH3 is 1. The highest BCUT2D eigenvalue weighted by atomic mass is 35.5. The minimum Gasteiger partial charge on any atom is -0.495 e. The van der Waals surface area contributed by atoms with Gasteiger partial charge in [-0.05, 0) is 80.3 Å². The van der Waals surface area contributed by atoms with E-state index in [9.17, 15) is 13.7 Å². The fraction of sp³-hybridized carbons (Fsp3) is 0.324. The van der Waals surface area contributed by atoms with Crippen LogP contribution in [0.15, 0.2) is 72.0 Å². The van der Waals surface area contributed by atoms with E-state index in [1.807, 2.05) is 17.9 Å². The number of rotatable bonds is 8. The fourth-order valence-electron chi connectivity index (χ4n) is 7.30. The quantitative estimate of drug-likeness (QED) is 0.247. The zero-order valence-electron chi connectivity index (χ0n) is 26.5. The lowest BCUT2D eigenvalue weighted by molar-refractivity contribution is -0.126. The van der Waals surface area contributed by atoms with Gasteiger partial charge in [-0.25, -0.2) is 9.97 Å². The number of pyridine rings is 3. The van der Waals surface area contributed by atoms with Crippen molar-refractivity contribution < 1.29 is 22.7 Å². The van der Waals surface area contributed by atoms with E-state index in [0.29, 0.717) is 30.0 Å². The second-order valence-corrected chi connectivity index (χ2v) is 14.2. The summed E-state index contributed by atoms with van der Waals surface area (Å²) in [5.74, 6) is 0.0606. The molecule has 2 fully saturated rings. The van der Waals surface area contributed by atoms with Crippen molar-refractivity contribution in [2.75, 3.05) is 49.1 Å². The Kier molecular flexibility index (Phi) is 7.98. The van der Waals surface area contributed by atoms with Crippen molar-refractivity contribution in [3.8, 4) is 17.7 Å². The number of nitrogens with zero attached hydrogens (tertiary/aromatic N) is 7. The average molecular weight is 686 g/mol. The summed E-state index contributed by atoms with van der Waals surface area (Å²) >= 11 is 6.35. The number of nitriles is 1. The third-order valence-corrected chi connectivity index (χ3v) is 11.2. The molecule has 0 N–H and O–H groups in total. The molecular formula is C34H32ClN7O5S. The maximum Gasteiger partial charge on any atom is 0.288 e. The van der Waals surface area contributed by atoms with E-state index in [0.717, 1.165) is 28.8 Å². The number of hydrogen-bond acceptors (Lipinski definition) is 11. The molecule has 6 heterocycles. The van der Waals surface area contributed by atoms with Gasteiger partial charge in [-0.15, -0.1) is 0 Å². The molecule has 12 nitrogen and oxygen atoms in total. The SMILES string of the molecule is CCOc1nc(Cl)ccc1C1(N2CC3CN(c4ccnc(C)c4)CC3C2)C(=O)N(S(=O)(=O)c2ccc(OC)cn2)c2ccc(C#N)cc21. The van der Waals surface area contributed by atoms with E-state index in [4.69, 9.17) is 21.1 Å². The van der Waals surface area contributed by atoms with E-state index in [1.54, 1.807) is 31.3 Å². The summed E-state index contributed by atoms with van der Waals surface area (Å²) in [6, 6.07) is 16.8. The first-order chi connectivity index (χ1) is 23.1. The fourth-order valence-corrected chi connectivity index (χ4v) is 8.82. The highest BCUT2D eigenvalue weighted by Gasteiger charge is 2.63. The van der Waals surface area contributed by atoms with Crippen LogP contribution in [-0.4, -0.2) is 74.1 Å². The molecule has 1 amide bonds. The zero-order chi connectivity index (χ0) is 33.8. The van der Waals surface area contributed by atoms with Gasteiger partial charge in [0, 0.05) is 54.9 Å². The number of carbonyl (C=O) groups excluding carboxylic acids is 1. The average Bonchev–Trinajstić information content (AvgIpc) is 3.74. The van der Waals surface area contributed by atoms with Crippen molar-refractivity contribution in [3.05, 3.63) is 94.5 Å². The van der Waals surface area contributed by atoms with Crippen LogP contribution in [0.5, 0.6) is 11.6 Å². The monoisotopic (exact) mass is 685 g/mol. The summed E-state index contributed by atoms with van der Waals surface area (Å²) in [5.41, 5.74) is 1.38. The van der Waals surface area contributed by atoms with Gasteiger partial charge in [-0.2, -0.15) is 18.0 Å². The number of likely N-dealkylation sites (tertiary alicyclic amines) is 1. The van der Waals surface area contributed by atoms with Gasteiger partial charge in [0.25, 0.3) is 15.9 Å². The van der Waals surface area contributed by atoms with Crippen LogP contribution in [0, 0.1) is 30.1 Å². The standard InChI is InChI=1S/C34H32ClN7O5S/c1-4-47-32-27(7-9-30(35)39-32)34(41-19-23-17-40(18-24(23)20-41)25-11-12-37-21(2)13-25)28-14-22(15-36)5-8-29(28)42(33(34)43)48(44,45)31-10-6-26(46-3)16-38-31/h5-14,16,23-24H,4,17-20H2,1-3H3. The van der Waals surface area contributed by atoms with Crippen molar-refractivity contribution >= 4 is 38.9 Å². The number of halogens is 1. The smallest absolute Gasteiger partial charge is 0.288 e. The number of carbonyl (C=O) groups is 1. The van der Waals surface area contributed by atoms with Crippen LogP contribution in [-0.2, 0) is 20.4 Å². The third-order valence-electron chi connectivity index (χ3n) is 9.38. The van der Waals surface area contributed by atoms with Gasteiger partial charge in [0.15, 0.2) is 10.6 Å². The van der Waals surface area contributed by atoms with Gasteiger partial charge >= 0.3 is 0 Å². The summed E-state index contributed by atoms with van der Waals surface area (Å²) in [7, 11) is -3.10. The summed E-state index contributed by atoms with van der Waals surface area (Å²) in [5, 5.41) is 9.82. The molecule has 14 heteroatoms. The molecule has 4 aromatic rings. The highest BCUT2D eigenvalue weighted by molar-refractivity contribution is 7.93. The lowest BCUT2D eigenvalue weighted by atomic mass is 9.82. The molecule has 0 spiro atoms. The van der Waals surface area contributed by atoms with Gasteiger partial charge in [0.05, 0.1) is 37.2 Å². The van der Waals surface area contributed by atoms with E-state index in [-0.39, 0.29) is 45.8 Å². The Labute approximate surface area is 283 Å². The molecule has 0 saturated carbocycles. The summed E-state index contributed by atoms with van der Waals surface area (Å²) in [6.07, 6.45) is 3.09. The number of sulfonamides is 1. The molecule has 246 valence electrons. The maximum absolute atomic E-state index is 15.3. The lowest BCUT2D eigenvalue weighted by Crippen LogP contribution is -2.55. The van der Waals surface area contributed by atoms with Gasteiger partial charge < -0.3 is 14.4 Å². The first-order valence-corrected chi connectivity index (χ1v) is 17.3. The minimum absolute atomic E-state index is 0.111. The number of ether oxygens (including phenoxy) is 2. The second kappa shape index (κ2) is 12.0. The minimum atomic E-state index is -4.55. The van der Waals surface area contributed by atoms with Crippen molar-refractivity contribution in [3.63, 3.8) is 0 Å². The number of hydrogen-bond donors (Lipinski definition) is 0. The molecule has 48 heavy (non-hydrogen) atoms. The van der Waals surface area contributed by atoms with Gasteiger partial charge in [-0.3, -0.25) is 14.7 Å². The topological polar surface area (TPSA) is 142 Å². The van der Waals surface area contributed by atoms with Gasteiger partial charge in [-0.1, -0.05) is 11.6 Å². The van der Waals surface area contributed by atoms with Gasteiger partial charge in [0.2, 0.25) is 5.88 Å². The summed E-state index contributed by atoms with van der Waals surface area (Å²) in [4.78, 5) is 32.6. The zero-order valence-corrected chi connectivity index (χ0v) is 28.1. The third kappa shape index (κ3) is 4.94. The summed E-state index contributed by atoms with van der Waals surface area (Å²) < 4.78 is 40.8. The lowest BCUT2D eigenvalue weighted by Gasteiger charge is -2.39. The number of aromatic nitrogens is 3. The Morgan fingerprint density at radius 3 is 2.44 bits per heavy atom. The number of benzene rings is 1. The predicted octanol–water partition coefficient (Wildman–Crippen LogP) is 4.16. The number of anilines is 2. The maximum atomic E-state index is 15.3. The molecule has 3 aromatic heterocycles. The Morgan fingerprint density at radius 2 is 1.79 bits per heavy atom. The van der Waals surface area contributed by atoms with Crippen LogP contribution in [0.25, 0.3) is 0 Å². The Hall–Kier alpha value is -4.77. The first-order valence-electron chi connectivity index (χ1n) is 15.5. The van der Waals surface area contributed by atoms with Crippen molar-refractivity contribution in [1.29, 1.82) is 5.26 Å². The van der Waals surface area contributed by atoms with Crippen LogP contribution in [0.1, 0.15) is 29.3 Å². The van der Waals surface area contributed by atoms with Crippen LogP contribution < -0.4 is 18.7 Å². The first kappa shape index (κ1) is 31.8. The predicted molar refractivity (Wildman–Crippen MR) is 178 cm³/mol. The molecule has 3 aliphatic rings. The molecular weight excluding hydrogens is 654 g/mol. The van der Waals surface area contributed by atoms with Crippen LogP contribution in [0.2, 0.25) is 5.15 Å².